The zero-order chi connectivity index (χ0) is 56.4. The van der Waals surface area contributed by atoms with E-state index >= 15 is 0 Å². The number of ether oxygens (including phenoxy) is 3. The van der Waals surface area contributed by atoms with E-state index in [0.717, 1.165) is 116 Å². The van der Waals surface area contributed by atoms with Crippen molar-refractivity contribution in [3.05, 3.63) is 97.2 Å². The van der Waals surface area contributed by atoms with Crippen LogP contribution in [0, 0.1) is 0 Å². The van der Waals surface area contributed by atoms with Crippen LogP contribution in [0.1, 0.15) is 323 Å². The molecule has 0 spiro atoms. The fourth-order valence-corrected chi connectivity index (χ4v) is 9.35. The third-order valence-corrected chi connectivity index (χ3v) is 14.3. The molecule has 0 radical (unpaired) electrons. The summed E-state index contributed by atoms with van der Waals surface area (Å²) in [5, 5.41) is 0. The van der Waals surface area contributed by atoms with Gasteiger partial charge in [0.15, 0.2) is 6.10 Å². The number of rotatable bonds is 60. The van der Waals surface area contributed by atoms with Crippen LogP contribution in [0.15, 0.2) is 97.2 Å². The van der Waals surface area contributed by atoms with Crippen LogP contribution >= 0.6 is 0 Å². The summed E-state index contributed by atoms with van der Waals surface area (Å²) in [5.74, 6) is -0.944. The fourth-order valence-electron chi connectivity index (χ4n) is 9.35. The van der Waals surface area contributed by atoms with Crippen molar-refractivity contribution < 1.29 is 28.6 Å². The van der Waals surface area contributed by atoms with Gasteiger partial charge in [0.05, 0.1) is 0 Å². The highest BCUT2D eigenvalue weighted by molar-refractivity contribution is 5.71. The van der Waals surface area contributed by atoms with Gasteiger partial charge in [-0.1, -0.05) is 304 Å². The first kappa shape index (κ1) is 74.3. The summed E-state index contributed by atoms with van der Waals surface area (Å²) in [7, 11) is 0. The van der Waals surface area contributed by atoms with Gasteiger partial charge in [0.1, 0.15) is 13.2 Å². The van der Waals surface area contributed by atoms with Gasteiger partial charge in [-0.15, -0.1) is 0 Å². The van der Waals surface area contributed by atoms with Gasteiger partial charge in [0.25, 0.3) is 0 Å². The zero-order valence-corrected chi connectivity index (χ0v) is 51.4. The number of carbonyl (C=O) groups is 3. The summed E-state index contributed by atoms with van der Waals surface area (Å²) in [5.41, 5.74) is 0. The number of carbonyl (C=O) groups excluding carboxylic acids is 3. The highest BCUT2D eigenvalue weighted by Crippen LogP contribution is 2.17. The van der Waals surface area contributed by atoms with Gasteiger partial charge >= 0.3 is 17.9 Å². The van der Waals surface area contributed by atoms with Gasteiger partial charge in [0.2, 0.25) is 0 Å². The van der Waals surface area contributed by atoms with Crippen LogP contribution in [0.25, 0.3) is 0 Å². The molecule has 0 heterocycles. The summed E-state index contributed by atoms with van der Waals surface area (Å²) < 4.78 is 16.9. The standard InChI is InChI=1S/C72H124O6/c1-4-7-10-13-16-19-22-25-28-30-32-34-35-36-37-39-40-42-44-47-50-53-56-59-62-65-71(74)77-68-69(67-76-70(73)64-61-58-55-52-49-46-27-24-21-18-15-12-9-6-3)78-72(75)66-63-60-57-54-51-48-45-43-41-38-33-31-29-26-23-20-17-14-11-8-5-2/h8,11,15,17-18,20,24,26-27,29,33,38,43,45,51,54,69H,4-7,9-10,12-14,16,19,21-23,25,28,30-32,34-37,39-42,44,46-50,52-53,55-68H2,1-3H3/b11-8-,18-15-,20-17-,27-24-,29-26-,38-33-,45-43-,54-51-. The first-order valence-corrected chi connectivity index (χ1v) is 33.2. The Balaban J connectivity index is 4.37. The lowest BCUT2D eigenvalue weighted by atomic mass is 10.0. The number of esters is 3. The molecule has 0 aromatic heterocycles. The lowest BCUT2D eigenvalue weighted by Gasteiger charge is -2.18. The molecule has 0 bridgehead atoms. The summed E-state index contributed by atoms with van der Waals surface area (Å²) in [4.78, 5) is 38.3. The number of hydrogen-bond acceptors (Lipinski definition) is 6. The monoisotopic (exact) mass is 1080 g/mol. The van der Waals surface area contributed by atoms with Crippen molar-refractivity contribution in [3.63, 3.8) is 0 Å². The molecular formula is C72H124O6. The summed E-state index contributed by atoms with van der Waals surface area (Å²) >= 11 is 0. The van der Waals surface area contributed by atoms with Crippen molar-refractivity contribution in [2.75, 3.05) is 13.2 Å². The molecule has 0 saturated carbocycles. The summed E-state index contributed by atoms with van der Waals surface area (Å²) in [6.07, 6.45) is 88.6. The molecule has 0 aromatic carbocycles. The second-order valence-electron chi connectivity index (χ2n) is 22.0. The van der Waals surface area contributed by atoms with E-state index in [-0.39, 0.29) is 37.5 Å². The van der Waals surface area contributed by atoms with Crippen molar-refractivity contribution in [2.45, 2.75) is 329 Å². The number of unbranched alkanes of at least 4 members (excludes halogenated alkanes) is 33. The predicted molar refractivity (Wildman–Crippen MR) is 339 cm³/mol. The Morgan fingerprint density at radius 3 is 0.846 bits per heavy atom. The second-order valence-corrected chi connectivity index (χ2v) is 22.0. The van der Waals surface area contributed by atoms with E-state index in [4.69, 9.17) is 14.2 Å². The minimum Gasteiger partial charge on any atom is -0.462 e. The fraction of sp³-hybridized carbons (Fsp3) is 0.736. The Labute approximate surface area is 483 Å². The lowest BCUT2D eigenvalue weighted by Crippen LogP contribution is -2.30. The maximum atomic E-state index is 12.9. The molecule has 0 N–H and O–H groups in total. The first-order valence-electron chi connectivity index (χ1n) is 33.2. The van der Waals surface area contributed by atoms with Crippen molar-refractivity contribution in [2.24, 2.45) is 0 Å². The molecule has 448 valence electrons. The molecule has 0 saturated heterocycles. The normalized spacial score (nSPS) is 12.7. The van der Waals surface area contributed by atoms with Crippen molar-refractivity contribution in [1.82, 2.24) is 0 Å². The van der Waals surface area contributed by atoms with Gasteiger partial charge in [0, 0.05) is 19.3 Å². The van der Waals surface area contributed by atoms with Crippen LogP contribution in [-0.4, -0.2) is 37.2 Å². The maximum absolute atomic E-state index is 12.9. The Hall–Kier alpha value is -3.67. The Bertz CT molecular complexity index is 1530. The van der Waals surface area contributed by atoms with Gasteiger partial charge in [-0.2, -0.15) is 0 Å². The third kappa shape index (κ3) is 63.2. The predicted octanol–water partition coefficient (Wildman–Crippen LogP) is 22.8. The average molecular weight is 1090 g/mol. The van der Waals surface area contributed by atoms with Gasteiger partial charge in [-0.3, -0.25) is 14.4 Å². The average Bonchev–Trinajstić information content (AvgIpc) is 3.44. The van der Waals surface area contributed by atoms with E-state index in [2.05, 4.69) is 118 Å². The van der Waals surface area contributed by atoms with Gasteiger partial charge < -0.3 is 14.2 Å². The van der Waals surface area contributed by atoms with E-state index in [0.29, 0.717) is 19.3 Å². The molecule has 78 heavy (non-hydrogen) atoms. The molecule has 0 aliphatic carbocycles. The topological polar surface area (TPSA) is 78.9 Å². The smallest absolute Gasteiger partial charge is 0.306 e. The Kier molecular flexibility index (Phi) is 62.7. The largest absolute Gasteiger partial charge is 0.462 e. The molecular weight excluding hydrogens is 961 g/mol. The summed E-state index contributed by atoms with van der Waals surface area (Å²) in [6.45, 7) is 6.47. The number of allylic oxidation sites excluding steroid dienone is 16. The van der Waals surface area contributed by atoms with Crippen LogP contribution in [0.2, 0.25) is 0 Å². The lowest BCUT2D eigenvalue weighted by molar-refractivity contribution is -0.167. The zero-order valence-electron chi connectivity index (χ0n) is 51.4. The molecule has 6 heteroatoms. The van der Waals surface area contributed by atoms with Crippen LogP contribution in [0.4, 0.5) is 0 Å². The third-order valence-electron chi connectivity index (χ3n) is 14.3. The molecule has 1 unspecified atom stereocenters. The molecule has 0 amide bonds. The van der Waals surface area contributed by atoms with Crippen molar-refractivity contribution in [3.8, 4) is 0 Å². The van der Waals surface area contributed by atoms with Gasteiger partial charge in [-0.25, -0.2) is 0 Å². The van der Waals surface area contributed by atoms with Crippen LogP contribution < -0.4 is 0 Å². The van der Waals surface area contributed by atoms with Crippen LogP contribution in [0.5, 0.6) is 0 Å². The summed E-state index contributed by atoms with van der Waals surface area (Å²) in [6, 6.07) is 0. The quantitative estimate of drug-likeness (QED) is 0.0261. The van der Waals surface area contributed by atoms with E-state index in [9.17, 15) is 14.4 Å². The first-order chi connectivity index (χ1) is 38.5. The molecule has 0 aliphatic heterocycles. The van der Waals surface area contributed by atoms with Crippen molar-refractivity contribution >= 4 is 17.9 Å². The molecule has 6 nitrogen and oxygen atoms in total. The van der Waals surface area contributed by atoms with Crippen LogP contribution in [0.3, 0.4) is 0 Å². The van der Waals surface area contributed by atoms with Crippen LogP contribution in [-0.2, 0) is 28.6 Å². The minimum atomic E-state index is -0.808. The van der Waals surface area contributed by atoms with E-state index < -0.39 is 6.10 Å². The van der Waals surface area contributed by atoms with E-state index in [1.807, 2.05) is 0 Å². The molecule has 0 aromatic rings. The molecule has 1 atom stereocenters. The maximum Gasteiger partial charge on any atom is 0.306 e. The van der Waals surface area contributed by atoms with E-state index in [1.165, 1.54) is 161 Å². The Morgan fingerprint density at radius 1 is 0.269 bits per heavy atom. The Morgan fingerprint density at radius 2 is 0.513 bits per heavy atom. The highest BCUT2D eigenvalue weighted by atomic mass is 16.6. The van der Waals surface area contributed by atoms with E-state index in [1.54, 1.807) is 0 Å². The molecule has 0 rings (SSSR count). The molecule has 0 aliphatic rings. The second kappa shape index (κ2) is 65.8. The number of hydrogen-bond donors (Lipinski definition) is 0. The highest BCUT2D eigenvalue weighted by Gasteiger charge is 2.19. The SMILES string of the molecule is CC/C=C\C/C=C\C/C=C\C/C=C\C/C=C\C/C=C\CCCCC(=O)OC(COC(=O)CCCCCCC/C=C\C/C=C\CCCC)COC(=O)CCCCCCCCCCCCCCCCCCCCCCCCCCC. The van der Waals surface area contributed by atoms with Crippen molar-refractivity contribution in [1.29, 1.82) is 0 Å². The van der Waals surface area contributed by atoms with Gasteiger partial charge in [-0.05, 0) is 96.3 Å². The minimum absolute atomic E-state index is 0.0978. The molecule has 0 fully saturated rings.